The Morgan fingerprint density at radius 1 is 1.36 bits per heavy atom. The summed E-state index contributed by atoms with van der Waals surface area (Å²) in [7, 11) is 1.91. The molecule has 0 fully saturated rings. The van der Waals surface area contributed by atoms with Crippen molar-refractivity contribution in [1.82, 2.24) is 25.1 Å². The van der Waals surface area contributed by atoms with Gasteiger partial charge in [0.25, 0.3) is 0 Å². The van der Waals surface area contributed by atoms with Crippen LogP contribution in [0.3, 0.4) is 0 Å². The SMILES string of the molecule is CN(CCc1cn[nH]c1)CC(=O)Nc1nc2ccccc2[nH]1. The number of aromatic nitrogens is 4. The summed E-state index contributed by atoms with van der Waals surface area (Å²) in [6.45, 7) is 1.10. The maximum Gasteiger partial charge on any atom is 0.240 e. The molecule has 0 aliphatic carbocycles. The molecule has 3 rings (SSSR count). The number of carbonyl (C=O) groups excluding carboxylic acids is 1. The first kappa shape index (κ1) is 14.3. The number of benzene rings is 1. The van der Waals surface area contributed by atoms with E-state index in [1.165, 1.54) is 0 Å². The zero-order valence-electron chi connectivity index (χ0n) is 12.3. The van der Waals surface area contributed by atoms with E-state index in [4.69, 9.17) is 0 Å². The summed E-state index contributed by atoms with van der Waals surface area (Å²) >= 11 is 0. The van der Waals surface area contributed by atoms with E-state index in [1.807, 2.05) is 42.4 Å². The first-order valence-electron chi connectivity index (χ1n) is 7.11. The number of amides is 1. The number of hydrogen-bond donors (Lipinski definition) is 3. The van der Waals surface area contributed by atoms with Crippen molar-refractivity contribution in [2.45, 2.75) is 6.42 Å². The largest absolute Gasteiger partial charge is 0.324 e. The number of H-pyrrole nitrogens is 2. The van der Waals surface area contributed by atoms with Crippen molar-refractivity contribution in [3.8, 4) is 0 Å². The lowest BCUT2D eigenvalue weighted by atomic mass is 10.2. The average Bonchev–Trinajstić information content (AvgIpc) is 3.13. The van der Waals surface area contributed by atoms with Gasteiger partial charge in [-0.25, -0.2) is 4.98 Å². The maximum atomic E-state index is 12.0. The number of fused-ring (bicyclic) bond motifs is 1. The van der Waals surface area contributed by atoms with Gasteiger partial charge in [-0.15, -0.1) is 0 Å². The predicted octanol–water partition coefficient (Wildman–Crippen LogP) is 1.40. The first-order chi connectivity index (χ1) is 10.7. The molecule has 0 radical (unpaired) electrons. The van der Waals surface area contributed by atoms with Crippen LogP contribution in [0.5, 0.6) is 0 Å². The standard InChI is InChI=1S/C15H18N6O/c1-21(7-6-11-8-16-17-9-11)10-14(22)20-15-18-12-4-2-3-5-13(12)19-15/h2-5,8-9H,6-7,10H2,1H3,(H,16,17)(H2,18,19,20,22). The molecule has 7 nitrogen and oxygen atoms in total. The van der Waals surface area contributed by atoms with Crippen molar-refractivity contribution in [3.05, 3.63) is 42.2 Å². The van der Waals surface area contributed by atoms with E-state index in [0.29, 0.717) is 12.5 Å². The van der Waals surface area contributed by atoms with Crippen molar-refractivity contribution in [2.24, 2.45) is 0 Å². The van der Waals surface area contributed by atoms with Gasteiger partial charge in [-0.05, 0) is 31.2 Å². The molecule has 0 saturated heterocycles. The Hall–Kier alpha value is -2.67. The van der Waals surface area contributed by atoms with E-state index < -0.39 is 0 Å². The van der Waals surface area contributed by atoms with E-state index in [1.54, 1.807) is 6.20 Å². The Labute approximate surface area is 127 Å². The Balaban J connectivity index is 1.51. The third kappa shape index (κ3) is 3.50. The maximum absolute atomic E-state index is 12.0. The van der Waals surface area contributed by atoms with Crippen LogP contribution in [0.1, 0.15) is 5.56 Å². The molecule has 3 N–H and O–H groups in total. The average molecular weight is 298 g/mol. The van der Waals surface area contributed by atoms with Crippen molar-refractivity contribution in [2.75, 3.05) is 25.5 Å². The molecule has 22 heavy (non-hydrogen) atoms. The summed E-state index contributed by atoms with van der Waals surface area (Å²) < 4.78 is 0. The van der Waals surface area contributed by atoms with Gasteiger partial charge in [0.15, 0.2) is 0 Å². The van der Waals surface area contributed by atoms with Crippen LogP contribution >= 0.6 is 0 Å². The molecule has 2 heterocycles. The molecule has 0 bridgehead atoms. The monoisotopic (exact) mass is 298 g/mol. The second kappa shape index (κ2) is 6.40. The lowest BCUT2D eigenvalue weighted by molar-refractivity contribution is -0.117. The molecule has 0 spiro atoms. The highest BCUT2D eigenvalue weighted by Gasteiger charge is 2.09. The number of nitrogens with one attached hydrogen (secondary N) is 3. The normalized spacial score (nSPS) is 11.2. The highest BCUT2D eigenvalue weighted by atomic mass is 16.2. The van der Waals surface area contributed by atoms with E-state index in [0.717, 1.165) is 29.6 Å². The van der Waals surface area contributed by atoms with Gasteiger partial charge in [0, 0.05) is 12.7 Å². The minimum absolute atomic E-state index is 0.0891. The molecule has 114 valence electrons. The second-order valence-electron chi connectivity index (χ2n) is 5.25. The predicted molar refractivity (Wildman–Crippen MR) is 84.5 cm³/mol. The fourth-order valence-corrected chi connectivity index (χ4v) is 2.24. The minimum atomic E-state index is -0.0891. The second-order valence-corrected chi connectivity index (χ2v) is 5.25. The smallest absolute Gasteiger partial charge is 0.240 e. The molecule has 7 heteroatoms. The van der Waals surface area contributed by atoms with Crippen LogP contribution in [0.2, 0.25) is 0 Å². The van der Waals surface area contributed by atoms with Crippen molar-refractivity contribution < 1.29 is 4.79 Å². The quantitative estimate of drug-likeness (QED) is 0.641. The summed E-state index contributed by atoms with van der Waals surface area (Å²) in [5, 5.41) is 9.47. The Morgan fingerprint density at radius 2 is 2.23 bits per heavy atom. The Morgan fingerprint density at radius 3 is 3.00 bits per heavy atom. The van der Waals surface area contributed by atoms with Crippen LogP contribution in [0.25, 0.3) is 11.0 Å². The number of anilines is 1. The zero-order valence-corrected chi connectivity index (χ0v) is 12.3. The molecular weight excluding hydrogens is 280 g/mol. The topological polar surface area (TPSA) is 89.7 Å². The van der Waals surface area contributed by atoms with Gasteiger partial charge >= 0.3 is 0 Å². The summed E-state index contributed by atoms with van der Waals surface area (Å²) in [6.07, 6.45) is 4.51. The van der Waals surface area contributed by atoms with Crippen LogP contribution in [-0.4, -0.2) is 51.1 Å². The molecule has 0 atom stereocenters. The fourth-order valence-electron chi connectivity index (χ4n) is 2.24. The number of para-hydroxylation sites is 2. The van der Waals surface area contributed by atoms with Gasteiger partial charge in [-0.2, -0.15) is 5.10 Å². The van der Waals surface area contributed by atoms with E-state index in [-0.39, 0.29) is 5.91 Å². The van der Waals surface area contributed by atoms with Crippen LogP contribution in [-0.2, 0) is 11.2 Å². The van der Waals surface area contributed by atoms with Gasteiger partial charge in [-0.1, -0.05) is 12.1 Å². The molecule has 0 aliphatic rings. The number of rotatable bonds is 6. The lowest BCUT2D eigenvalue weighted by Gasteiger charge is -2.14. The summed E-state index contributed by atoms with van der Waals surface area (Å²) in [6, 6.07) is 7.67. The number of aromatic amines is 2. The van der Waals surface area contributed by atoms with Gasteiger partial charge in [0.1, 0.15) is 0 Å². The number of likely N-dealkylation sites (N-methyl/N-ethyl adjacent to an activating group) is 1. The Kier molecular flexibility index (Phi) is 4.15. The number of carbonyl (C=O) groups is 1. The summed E-state index contributed by atoms with van der Waals surface area (Å²) in [5.74, 6) is 0.392. The van der Waals surface area contributed by atoms with Crippen molar-refractivity contribution in [3.63, 3.8) is 0 Å². The van der Waals surface area contributed by atoms with Gasteiger partial charge < -0.3 is 4.98 Å². The molecule has 0 saturated carbocycles. The molecule has 0 aliphatic heterocycles. The van der Waals surface area contributed by atoms with Gasteiger partial charge in [0.2, 0.25) is 11.9 Å². The first-order valence-corrected chi connectivity index (χ1v) is 7.11. The van der Waals surface area contributed by atoms with E-state index >= 15 is 0 Å². The highest BCUT2D eigenvalue weighted by Crippen LogP contribution is 2.13. The van der Waals surface area contributed by atoms with E-state index in [9.17, 15) is 4.79 Å². The zero-order chi connectivity index (χ0) is 15.4. The molecule has 1 aromatic carbocycles. The molecule has 2 aromatic heterocycles. The van der Waals surface area contributed by atoms with Crippen LogP contribution in [0.4, 0.5) is 5.95 Å². The van der Waals surface area contributed by atoms with Crippen LogP contribution < -0.4 is 5.32 Å². The van der Waals surface area contributed by atoms with Crippen molar-refractivity contribution in [1.29, 1.82) is 0 Å². The molecule has 0 unspecified atom stereocenters. The Bertz CT molecular complexity index is 715. The van der Waals surface area contributed by atoms with Gasteiger partial charge in [0.05, 0.1) is 23.8 Å². The minimum Gasteiger partial charge on any atom is -0.324 e. The third-order valence-corrected chi connectivity index (χ3v) is 3.40. The summed E-state index contributed by atoms with van der Waals surface area (Å²) in [4.78, 5) is 21.4. The lowest BCUT2D eigenvalue weighted by Crippen LogP contribution is -2.31. The molecule has 1 amide bonds. The van der Waals surface area contributed by atoms with Crippen LogP contribution in [0, 0.1) is 0 Å². The van der Waals surface area contributed by atoms with Crippen LogP contribution in [0.15, 0.2) is 36.7 Å². The summed E-state index contributed by atoms with van der Waals surface area (Å²) in [5.41, 5.74) is 2.88. The molecular formula is C15H18N6O. The fraction of sp³-hybridized carbons (Fsp3) is 0.267. The van der Waals surface area contributed by atoms with E-state index in [2.05, 4.69) is 25.5 Å². The number of nitrogens with zero attached hydrogens (tertiary/aromatic N) is 3. The number of hydrogen-bond acceptors (Lipinski definition) is 4. The highest BCUT2D eigenvalue weighted by molar-refractivity contribution is 5.92. The van der Waals surface area contributed by atoms with Gasteiger partial charge in [-0.3, -0.25) is 20.1 Å². The molecule has 3 aromatic rings. The number of imidazole rings is 1. The third-order valence-electron chi connectivity index (χ3n) is 3.40. The van der Waals surface area contributed by atoms with Crippen molar-refractivity contribution >= 4 is 22.9 Å².